The van der Waals surface area contributed by atoms with Gasteiger partial charge in [0.1, 0.15) is 11.4 Å². The van der Waals surface area contributed by atoms with Crippen LogP contribution in [0.2, 0.25) is 5.02 Å². The summed E-state index contributed by atoms with van der Waals surface area (Å²) in [5.74, 6) is -0.103. The van der Waals surface area contributed by atoms with Gasteiger partial charge in [-0.15, -0.1) is 0 Å². The van der Waals surface area contributed by atoms with E-state index in [-0.39, 0.29) is 28.8 Å². The van der Waals surface area contributed by atoms with Crippen LogP contribution >= 0.6 is 11.6 Å². The van der Waals surface area contributed by atoms with Crippen molar-refractivity contribution in [3.63, 3.8) is 0 Å². The van der Waals surface area contributed by atoms with Gasteiger partial charge in [-0.2, -0.15) is 0 Å². The standard InChI is InChI=1S/C27H21ClFNO5/c1-3-34-21-10-8-15(12-22(21)33-2)24-23-25(31)18-13-17(29)9-11-20(18)35-26(23)27(32)30(24)14-16-6-4-5-7-19(16)28/h4-13,24H,3,14H2,1-2H3. The number of nitrogens with zero attached hydrogens (tertiary/aromatic N) is 1. The summed E-state index contributed by atoms with van der Waals surface area (Å²) >= 11 is 6.39. The molecule has 1 aliphatic rings. The largest absolute Gasteiger partial charge is 0.493 e. The zero-order valence-electron chi connectivity index (χ0n) is 19.0. The molecule has 0 saturated carbocycles. The summed E-state index contributed by atoms with van der Waals surface area (Å²) in [5.41, 5.74) is 1.15. The van der Waals surface area contributed by atoms with Gasteiger partial charge in [-0.1, -0.05) is 35.9 Å². The molecule has 0 radical (unpaired) electrons. The van der Waals surface area contributed by atoms with E-state index in [9.17, 15) is 14.0 Å². The van der Waals surface area contributed by atoms with Crippen molar-refractivity contribution in [2.45, 2.75) is 19.5 Å². The highest BCUT2D eigenvalue weighted by Gasteiger charge is 2.43. The smallest absolute Gasteiger partial charge is 0.291 e. The fraction of sp³-hybridized carbons (Fsp3) is 0.185. The summed E-state index contributed by atoms with van der Waals surface area (Å²) in [4.78, 5) is 28.7. The van der Waals surface area contributed by atoms with Crippen molar-refractivity contribution in [2.24, 2.45) is 0 Å². The molecule has 35 heavy (non-hydrogen) atoms. The number of rotatable bonds is 6. The molecular formula is C27H21ClFNO5. The second-order valence-electron chi connectivity index (χ2n) is 8.08. The first-order valence-corrected chi connectivity index (χ1v) is 11.4. The Hall–Kier alpha value is -3.84. The summed E-state index contributed by atoms with van der Waals surface area (Å²) in [6.07, 6.45) is 0. The van der Waals surface area contributed by atoms with E-state index in [1.165, 1.54) is 24.1 Å². The van der Waals surface area contributed by atoms with Crippen molar-refractivity contribution in [3.8, 4) is 11.5 Å². The van der Waals surface area contributed by atoms with Crippen molar-refractivity contribution in [1.29, 1.82) is 0 Å². The maximum Gasteiger partial charge on any atom is 0.291 e. The van der Waals surface area contributed by atoms with Crippen LogP contribution in [0.3, 0.4) is 0 Å². The van der Waals surface area contributed by atoms with Gasteiger partial charge >= 0.3 is 0 Å². The van der Waals surface area contributed by atoms with Gasteiger partial charge in [0.25, 0.3) is 5.91 Å². The van der Waals surface area contributed by atoms with Crippen LogP contribution in [-0.2, 0) is 6.54 Å². The predicted molar refractivity (Wildman–Crippen MR) is 130 cm³/mol. The molecule has 2 heterocycles. The van der Waals surface area contributed by atoms with E-state index in [2.05, 4.69) is 0 Å². The molecule has 3 aromatic carbocycles. The molecule has 6 nitrogen and oxygen atoms in total. The fourth-order valence-corrected chi connectivity index (χ4v) is 4.64. The Morgan fingerprint density at radius 2 is 1.86 bits per heavy atom. The van der Waals surface area contributed by atoms with Gasteiger partial charge in [-0.25, -0.2) is 4.39 Å². The van der Waals surface area contributed by atoms with E-state index in [0.717, 1.165) is 6.07 Å². The third-order valence-electron chi connectivity index (χ3n) is 6.03. The maximum atomic E-state index is 14.0. The average Bonchev–Trinajstić information content (AvgIpc) is 3.13. The molecule has 0 fully saturated rings. The lowest BCUT2D eigenvalue weighted by Crippen LogP contribution is -2.29. The molecule has 8 heteroatoms. The monoisotopic (exact) mass is 493 g/mol. The molecule has 1 aliphatic heterocycles. The number of amides is 1. The summed E-state index contributed by atoms with van der Waals surface area (Å²) < 4.78 is 31.0. The molecule has 178 valence electrons. The van der Waals surface area contributed by atoms with Gasteiger partial charge in [0.05, 0.1) is 30.7 Å². The average molecular weight is 494 g/mol. The van der Waals surface area contributed by atoms with Gasteiger partial charge in [0, 0.05) is 11.6 Å². The Morgan fingerprint density at radius 3 is 2.60 bits per heavy atom. The molecule has 0 saturated heterocycles. The number of halogens is 2. The van der Waals surface area contributed by atoms with Crippen molar-refractivity contribution in [3.05, 3.63) is 104 Å². The number of hydrogen-bond acceptors (Lipinski definition) is 5. The summed E-state index contributed by atoms with van der Waals surface area (Å²) in [7, 11) is 1.52. The van der Waals surface area contributed by atoms with Gasteiger partial charge < -0.3 is 18.8 Å². The van der Waals surface area contributed by atoms with Crippen LogP contribution < -0.4 is 14.9 Å². The highest BCUT2D eigenvalue weighted by molar-refractivity contribution is 6.31. The summed E-state index contributed by atoms with van der Waals surface area (Å²) in [6, 6.07) is 15.3. The minimum Gasteiger partial charge on any atom is -0.493 e. The van der Waals surface area contributed by atoms with E-state index in [0.29, 0.717) is 34.3 Å². The molecule has 1 aromatic heterocycles. The minimum absolute atomic E-state index is 0.0686. The Labute approximate surface area is 205 Å². The molecule has 0 aliphatic carbocycles. The third kappa shape index (κ3) is 3.91. The van der Waals surface area contributed by atoms with Crippen molar-refractivity contribution in [1.82, 2.24) is 4.90 Å². The fourth-order valence-electron chi connectivity index (χ4n) is 4.44. The van der Waals surface area contributed by atoms with Crippen LogP contribution in [0.25, 0.3) is 11.0 Å². The number of fused-ring (bicyclic) bond motifs is 2. The Balaban J connectivity index is 1.73. The topological polar surface area (TPSA) is 69.0 Å². The molecule has 0 bridgehead atoms. The normalized spacial score (nSPS) is 14.9. The molecule has 0 spiro atoms. The Bertz CT molecular complexity index is 1520. The number of carbonyl (C=O) groups is 1. The molecule has 0 N–H and O–H groups in total. The van der Waals surface area contributed by atoms with E-state index in [1.807, 2.05) is 19.1 Å². The lowest BCUT2D eigenvalue weighted by molar-refractivity contribution is 0.0714. The molecule has 5 rings (SSSR count). The number of carbonyl (C=O) groups excluding carboxylic acids is 1. The first-order valence-electron chi connectivity index (χ1n) is 11.0. The molecule has 1 amide bonds. The third-order valence-corrected chi connectivity index (χ3v) is 6.40. The molecular weight excluding hydrogens is 473 g/mol. The first kappa shape index (κ1) is 22.9. The lowest BCUT2D eigenvalue weighted by Gasteiger charge is -2.26. The molecule has 1 unspecified atom stereocenters. The number of hydrogen-bond donors (Lipinski definition) is 0. The van der Waals surface area contributed by atoms with E-state index in [4.69, 9.17) is 25.5 Å². The van der Waals surface area contributed by atoms with Crippen LogP contribution in [0.5, 0.6) is 11.5 Å². The first-order chi connectivity index (χ1) is 16.9. The van der Waals surface area contributed by atoms with Crippen molar-refractivity contribution >= 4 is 28.5 Å². The summed E-state index contributed by atoms with van der Waals surface area (Å²) in [5, 5.41) is 0.560. The van der Waals surface area contributed by atoms with E-state index >= 15 is 0 Å². The lowest BCUT2D eigenvalue weighted by atomic mass is 9.97. The SMILES string of the molecule is CCOc1ccc(C2c3c(oc4ccc(F)cc4c3=O)C(=O)N2Cc2ccccc2Cl)cc1OC. The number of benzene rings is 3. The van der Waals surface area contributed by atoms with Gasteiger partial charge in [0.15, 0.2) is 16.9 Å². The molecule has 1 atom stereocenters. The number of ether oxygens (including phenoxy) is 2. The number of methoxy groups -OCH3 is 1. The molecule has 4 aromatic rings. The zero-order chi connectivity index (χ0) is 24.7. The highest BCUT2D eigenvalue weighted by Crippen LogP contribution is 2.42. The quantitative estimate of drug-likeness (QED) is 0.342. The minimum atomic E-state index is -0.803. The van der Waals surface area contributed by atoms with Crippen LogP contribution in [0, 0.1) is 5.82 Å². The van der Waals surface area contributed by atoms with Crippen LogP contribution in [0.1, 0.15) is 40.2 Å². The second-order valence-corrected chi connectivity index (χ2v) is 8.49. The van der Waals surface area contributed by atoms with Crippen LogP contribution in [-0.4, -0.2) is 24.5 Å². The van der Waals surface area contributed by atoms with Crippen LogP contribution in [0.4, 0.5) is 4.39 Å². The maximum absolute atomic E-state index is 14.0. The van der Waals surface area contributed by atoms with E-state index in [1.54, 1.807) is 30.3 Å². The second kappa shape index (κ2) is 9.07. The van der Waals surface area contributed by atoms with Gasteiger partial charge in [-0.05, 0) is 54.4 Å². The Kier molecular flexibility index (Phi) is 5.94. The summed E-state index contributed by atoms with van der Waals surface area (Å²) in [6.45, 7) is 2.44. The van der Waals surface area contributed by atoms with Crippen molar-refractivity contribution < 1.29 is 23.1 Å². The van der Waals surface area contributed by atoms with Crippen LogP contribution in [0.15, 0.2) is 69.9 Å². The van der Waals surface area contributed by atoms with E-state index < -0.39 is 23.2 Å². The van der Waals surface area contributed by atoms with Gasteiger partial charge in [0.2, 0.25) is 5.76 Å². The van der Waals surface area contributed by atoms with Crippen molar-refractivity contribution in [2.75, 3.05) is 13.7 Å². The highest BCUT2D eigenvalue weighted by atomic mass is 35.5. The van der Waals surface area contributed by atoms with Gasteiger partial charge in [-0.3, -0.25) is 9.59 Å². The Morgan fingerprint density at radius 1 is 1.06 bits per heavy atom. The zero-order valence-corrected chi connectivity index (χ0v) is 19.8. The predicted octanol–water partition coefficient (Wildman–Crippen LogP) is 5.74.